The van der Waals surface area contributed by atoms with Gasteiger partial charge in [-0.3, -0.25) is 15.0 Å². The number of benzene rings is 1. The number of phenolic OH excluding ortho intramolecular Hbond substituents is 1. The summed E-state index contributed by atoms with van der Waals surface area (Å²) in [5.74, 6) is -0.133. The maximum absolute atomic E-state index is 11.5. The molecule has 1 saturated heterocycles. The monoisotopic (exact) mass is 248 g/mol. The van der Waals surface area contributed by atoms with Crippen LogP contribution in [-0.4, -0.2) is 36.1 Å². The Labute approximate surface area is 103 Å². The first-order valence-electron chi connectivity index (χ1n) is 5.20. The third-order valence-corrected chi connectivity index (χ3v) is 2.63. The lowest BCUT2D eigenvalue weighted by Gasteiger charge is -2.08. The van der Waals surface area contributed by atoms with Gasteiger partial charge in [0, 0.05) is 7.05 Å². The van der Waals surface area contributed by atoms with E-state index in [0.29, 0.717) is 11.3 Å². The first kappa shape index (κ1) is 12.0. The molecule has 6 nitrogen and oxygen atoms in total. The number of carbonyl (C=O) groups excluding carboxylic acids is 2. The van der Waals surface area contributed by atoms with E-state index in [2.05, 4.69) is 5.32 Å². The summed E-state index contributed by atoms with van der Waals surface area (Å²) in [4.78, 5) is 24.0. The van der Waals surface area contributed by atoms with Crippen molar-refractivity contribution in [3.8, 4) is 11.5 Å². The molecule has 6 heteroatoms. The Kier molecular flexibility index (Phi) is 2.93. The number of rotatable bonds is 2. The van der Waals surface area contributed by atoms with Crippen molar-refractivity contribution in [2.24, 2.45) is 0 Å². The Bertz CT molecular complexity index is 551. The molecule has 18 heavy (non-hydrogen) atoms. The van der Waals surface area contributed by atoms with Crippen LogP contribution < -0.4 is 10.1 Å². The van der Waals surface area contributed by atoms with E-state index in [4.69, 9.17) is 4.74 Å². The second-order valence-corrected chi connectivity index (χ2v) is 3.78. The van der Waals surface area contributed by atoms with Gasteiger partial charge < -0.3 is 9.84 Å². The van der Waals surface area contributed by atoms with Gasteiger partial charge in [0.05, 0.1) is 7.11 Å². The quantitative estimate of drug-likeness (QED) is 0.602. The van der Waals surface area contributed by atoms with Crippen molar-refractivity contribution in [2.45, 2.75) is 0 Å². The van der Waals surface area contributed by atoms with Crippen LogP contribution in [0.15, 0.2) is 23.9 Å². The van der Waals surface area contributed by atoms with Crippen LogP contribution in [-0.2, 0) is 4.79 Å². The van der Waals surface area contributed by atoms with Gasteiger partial charge in [0.2, 0.25) is 0 Å². The van der Waals surface area contributed by atoms with E-state index in [9.17, 15) is 14.7 Å². The predicted molar refractivity (Wildman–Crippen MR) is 63.9 cm³/mol. The molecule has 1 aromatic rings. The minimum absolute atomic E-state index is 0.0138. The van der Waals surface area contributed by atoms with Crippen LogP contribution in [0.1, 0.15) is 5.56 Å². The molecule has 1 aliphatic heterocycles. The summed E-state index contributed by atoms with van der Waals surface area (Å²) in [7, 11) is 2.94. The minimum Gasteiger partial charge on any atom is -0.504 e. The number of urea groups is 1. The Morgan fingerprint density at radius 3 is 2.67 bits per heavy atom. The average molecular weight is 248 g/mol. The maximum Gasteiger partial charge on any atom is 0.328 e. The van der Waals surface area contributed by atoms with Crippen molar-refractivity contribution in [3.63, 3.8) is 0 Å². The number of imide groups is 1. The highest BCUT2D eigenvalue weighted by atomic mass is 16.5. The van der Waals surface area contributed by atoms with Crippen LogP contribution in [0.5, 0.6) is 11.5 Å². The van der Waals surface area contributed by atoms with Crippen molar-refractivity contribution < 1.29 is 19.4 Å². The van der Waals surface area contributed by atoms with E-state index in [1.807, 2.05) is 0 Å². The fraction of sp³-hybridized carbons (Fsp3) is 0.167. The third kappa shape index (κ3) is 2.00. The van der Waals surface area contributed by atoms with Crippen molar-refractivity contribution in [2.75, 3.05) is 14.2 Å². The average Bonchev–Trinajstić information content (AvgIpc) is 2.58. The molecule has 1 aliphatic rings. The maximum atomic E-state index is 11.5. The summed E-state index contributed by atoms with van der Waals surface area (Å²) in [5.41, 5.74) is 0.893. The van der Waals surface area contributed by atoms with E-state index in [0.717, 1.165) is 0 Å². The SMILES string of the molecule is COc1cc(/C=C2\C(=O)NC(=O)N2C)ccc1O. The van der Waals surface area contributed by atoms with E-state index in [1.165, 1.54) is 25.1 Å². The van der Waals surface area contributed by atoms with Crippen LogP contribution in [0.3, 0.4) is 0 Å². The number of nitrogens with one attached hydrogen (secondary N) is 1. The number of amides is 3. The lowest BCUT2D eigenvalue weighted by molar-refractivity contribution is -0.115. The summed E-state index contributed by atoms with van der Waals surface area (Å²) in [5, 5.41) is 11.6. The van der Waals surface area contributed by atoms with Gasteiger partial charge in [0.15, 0.2) is 11.5 Å². The molecule has 94 valence electrons. The molecule has 1 aromatic carbocycles. The van der Waals surface area contributed by atoms with Gasteiger partial charge in [-0.05, 0) is 23.8 Å². The molecule has 2 rings (SSSR count). The Morgan fingerprint density at radius 2 is 2.11 bits per heavy atom. The Hall–Kier alpha value is -2.50. The molecule has 0 saturated carbocycles. The number of methoxy groups -OCH3 is 1. The second-order valence-electron chi connectivity index (χ2n) is 3.78. The van der Waals surface area contributed by atoms with Crippen LogP contribution in [0, 0.1) is 0 Å². The van der Waals surface area contributed by atoms with Gasteiger partial charge in [-0.1, -0.05) is 6.07 Å². The summed E-state index contributed by atoms with van der Waals surface area (Å²) in [6.07, 6.45) is 1.54. The zero-order valence-electron chi connectivity index (χ0n) is 9.93. The highest BCUT2D eigenvalue weighted by Crippen LogP contribution is 2.27. The van der Waals surface area contributed by atoms with Crippen molar-refractivity contribution >= 4 is 18.0 Å². The lowest BCUT2D eigenvalue weighted by Crippen LogP contribution is -2.24. The van der Waals surface area contributed by atoms with Gasteiger partial charge in [-0.25, -0.2) is 4.79 Å². The Morgan fingerprint density at radius 1 is 1.39 bits per heavy atom. The van der Waals surface area contributed by atoms with Gasteiger partial charge in [-0.2, -0.15) is 0 Å². The Balaban J connectivity index is 2.39. The van der Waals surface area contributed by atoms with E-state index in [-0.39, 0.29) is 11.4 Å². The number of carbonyl (C=O) groups is 2. The molecule has 0 aromatic heterocycles. The summed E-state index contributed by atoms with van der Waals surface area (Å²) >= 11 is 0. The highest BCUT2D eigenvalue weighted by Gasteiger charge is 2.29. The van der Waals surface area contributed by atoms with Gasteiger partial charge in [0.25, 0.3) is 5.91 Å². The van der Waals surface area contributed by atoms with Gasteiger partial charge >= 0.3 is 6.03 Å². The van der Waals surface area contributed by atoms with Crippen LogP contribution in [0.2, 0.25) is 0 Å². The number of likely N-dealkylation sites (N-methyl/N-ethyl adjacent to an activating group) is 1. The second kappa shape index (κ2) is 4.40. The number of ether oxygens (including phenoxy) is 1. The number of aromatic hydroxyl groups is 1. The van der Waals surface area contributed by atoms with Crippen LogP contribution in [0.25, 0.3) is 6.08 Å². The summed E-state index contributed by atoms with van der Waals surface area (Å²) in [6.45, 7) is 0. The fourth-order valence-electron chi connectivity index (χ4n) is 1.61. The van der Waals surface area contributed by atoms with Gasteiger partial charge in [-0.15, -0.1) is 0 Å². The zero-order valence-corrected chi connectivity index (χ0v) is 9.93. The molecule has 1 heterocycles. The third-order valence-electron chi connectivity index (χ3n) is 2.63. The van der Waals surface area contributed by atoms with Crippen molar-refractivity contribution in [1.82, 2.24) is 10.2 Å². The first-order valence-corrected chi connectivity index (χ1v) is 5.20. The van der Waals surface area contributed by atoms with Crippen LogP contribution >= 0.6 is 0 Å². The molecule has 0 radical (unpaired) electrons. The first-order chi connectivity index (χ1) is 8.52. The molecule has 1 fully saturated rings. The largest absolute Gasteiger partial charge is 0.504 e. The predicted octanol–water partition coefficient (Wildman–Crippen LogP) is 0.923. The van der Waals surface area contributed by atoms with Crippen molar-refractivity contribution in [1.29, 1.82) is 0 Å². The molecule has 2 N–H and O–H groups in total. The van der Waals surface area contributed by atoms with Crippen molar-refractivity contribution in [3.05, 3.63) is 29.5 Å². The normalized spacial score (nSPS) is 17.2. The highest BCUT2D eigenvalue weighted by molar-refractivity contribution is 6.13. The molecule has 0 aliphatic carbocycles. The number of hydrogen-bond donors (Lipinski definition) is 2. The van der Waals surface area contributed by atoms with Crippen LogP contribution in [0.4, 0.5) is 4.79 Å². The lowest BCUT2D eigenvalue weighted by atomic mass is 10.1. The molecule has 0 bridgehead atoms. The topological polar surface area (TPSA) is 78.9 Å². The number of phenols is 1. The van der Waals surface area contributed by atoms with Gasteiger partial charge in [0.1, 0.15) is 5.70 Å². The van der Waals surface area contributed by atoms with E-state index in [1.54, 1.807) is 18.2 Å². The van der Waals surface area contributed by atoms with E-state index < -0.39 is 11.9 Å². The minimum atomic E-state index is -0.461. The molecular formula is C12H12N2O4. The molecule has 0 unspecified atom stereocenters. The fourth-order valence-corrected chi connectivity index (χ4v) is 1.61. The number of hydrogen-bond acceptors (Lipinski definition) is 4. The standard InChI is InChI=1S/C12H12N2O4/c1-14-8(11(16)13-12(14)17)5-7-3-4-9(15)10(6-7)18-2/h3-6,15H,1-2H3,(H,13,16,17)/b8-5+. The molecule has 3 amide bonds. The molecule has 0 atom stereocenters. The number of nitrogens with zero attached hydrogens (tertiary/aromatic N) is 1. The summed E-state index contributed by atoms with van der Waals surface area (Å²) < 4.78 is 4.96. The zero-order chi connectivity index (χ0) is 13.3. The summed E-state index contributed by atoms with van der Waals surface area (Å²) in [6, 6.07) is 4.19. The molecular weight excluding hydrogens is 236 g/mol. The van der Waals surface area contributed by atoms with E-state index >= 15 is 0 Å². The molecule has 0 spiro atoms. The smallest absolute Gasteiger partial charge is 0.328 e.